The molecule has 1 heteroatoms. The average molecular weight is 331 g/mol. The lowest BCUT2D eigenvalue weighted by molar-refractivity contribution is 0.282. The summed E-state index contributed by atoms with van der Waals surface area (Å²) >= 11 is 0. The van der Waals surface area contributed by atoms with Crippen molar-refractivity contribution in [3.63, 3.8) is 0 Å². The van der Waals surface area contributed by atoms with Crippen LogP contribution in [0, 0.1) is 0 Å². The highest BCUT2D eigenvalue weighted by Gasteiger charge is 1.93. The summed E-state index contributed by atoms with van der Waals surface area (Å²) in [6, 6.07) is 8.13. The molecular formula is C23H38O. The molecule has 0 aliphatic heterocycles. The number of aliphatic hydroxyl groups excluding tert-OH is 1. The Balaban J connectivity index is 1.87. The van der Waals surface area contributed by atoms with Gasteiger partial charge in [-0.15, -0.1) is 0 Å². The number of hydrogen-bond donors (Lipinski definition) is 1. The van der Waals surface area contributed by atoms with Crippen LogP contribution in [0.2, 0.25) is 0 Å². The van der Waals surface area contributed by atoms with Crippen molar-refractivity contribution in [2.45, 2.75) is 97.0 Å². The summed E-state index contributed by atoms with van der Waals surface area (Å²) in [4.78, 5) is 0. The molecule has 0 saturated heterocycles. The minimum atomic E-state index is 0.128. The quantitative estimate of drug-likeness (QED) is 0.335. The van der Waals surface area contributed by atoms with Crippen LogP contribution in [0.1, 0.15) is 102 Å². The van der Waals surface area contributed by atoms with E-state index in [9.17, 15) is 0 Å². The van der Waals surface area contributed by atoms with Crippen molar-refractivity contribution in [2.24, 2.45) is 0 Å². The Labute approximate surface area is 150 Å². The van der Waals surface area contributed by atoms with Gasteiger partial charge in [-0.3, -0.25) is 0 Å². The number of unbranched alkanes of at least 4 members (excludes halogenated alkanes) is 12. The zero-order valence-electron chi connectivity index (χ0n) is 15.8. The van der Waals surface area contributed by atoms with Gasteiger partial charge in [0.1, 0.15) is 0 Å². The van der Waals surface area contributed by atoms with Gasteiger partial charge in [-0.25, -0.2) is 0 Å². The molecule has 24 heavy (non-hydrogen) atoms. The number of allylic oxidation sites excluding steroid dienone is 1. The van der Waals surface area contributed by atoms with Crippen LogP contribution in [0.25, 0.3) is 6.08 Å². The Morgan fingerprint density at radius 3 is 1.71 bits per heavy atom. The van der Waals surface area contributed by atoms with Crippen LogP contribution in [0.5, 0.6) is 0 Å². The molecule has 1 aromatic rings. The van der Waals surface area contributed by atoms with Gasteiger partial charge in [-0.05, 0) is 24.0 Å². The molecule has 1 nitrogen and oxygen atoms in total. The van der Waals surface area contributed by atoms with E-state index in [2.05, 4.69) is 31.2 Å². The predicted octanol–water partition coefficient (Wildman–Crippen LogP) is 7.28. The Kier molecular flexibility index (Phi) is 13.5. The van der Waals surface area contributed by atoms with E-state index in [1.807, 2.05) is 12.1 Å². The van der Waals surface area contributed by atoms with Crippen LogP contribution in [0.4, 0.5) is 0 Å². The molecule has 0 spiro atoms. The summed E-state index contributed by atoms with van der Waals surface area (Å²) in [5, 5.41) is 9.02. The SMILES string of the molecule is CCCCCCCCCCCCCCC=Cc1ccc(CO)cc1. The highest BCUT2D eigenvalue weighted by molar-refractivity contribution is 5.49. The van der Waals surface area contributed by atoms with E-state index in [1.54, 1.807) is 0 Å². The van der Waals surface area contributed by atoms with Crippen molar-refractivity contribution in [2.75, 3.05) is 0 Å². The molecule has 136 valence electrons. The maximum absolute atomic E-state index is 9.02. The maximum atomic E-state index is 9.02. The van der Waals surface area contributed by atoms with E-state index in [0.29, 0.717) is 0 Å². The van der Waals surface area contributed by atoms with Crippen molar-refractivity contribution in [1.82, 2.24) is 0 Å². The maximum Gasteiger partial charge on any atom is 0.0681 e. The lowest BCUT2D eigenvalue weighted by atomic mass is 10.0. The second-order valence-electron chi connectivity index (χ2n) is 6.98. The van der Waals surface area contributed by atoms with Gasteiger partial charge in [0.05, 0.1) is 6.61 Å². The topological polar surface area (TPSA) is 20.2 Å². The molecule has 0 radical (unpaired) electrons. The van der Waals surface area contributed by atoms with E-state index >= 15 is 0 Å². The van der Waals surface area contributed by atoms with Crippen LogP contribution >= 0.6 is 0 Å². The predicted molar refractivity (Wildman–Crippen MR) is 107 cm³/mol. The number of benzene rings is 1. The zero-order valence-corrected chi connectivity index (χ0v) is 15.8. The minimum Gasteiger partial charge on any atom is -0.392 e. The molecule has 0 aromatic heterocycles. The molecule has 0 unspecified atom stereocenters. The fraction of sp³-hybridized carbons (Fsp3) is 0.652. The summed E-state index contributed by atoms with van der Waals surface area (Å²) in [6.45, 7) is 2.41. The van der Waals surface area contributed by atoms with Gasteiger partial charge in [-0.2, -0.15) is 0 Å². The number of aliphatic hydroxyl groups is 1. The van der Waals surface area contributed by atoms with E-state index in [1.165, 1.54) is 89.0 Å². The largest absolute Gasteiger partial charge is 0.392 e. The fourth-order valence-electron chi connectivity index (χ4n) is 3.06. The first-order chi connectivity index (χ1) is 11.9. The molecule has 1 rings (SSSR count). The van der Waals surface area contributed by atoms with Crippen molar-refractivity contribution in [1.29, 1.82) is 0 Å². The highest BCUT2D eigenvalue weighted by atomic mass is 16.3. The van der Waals surface area contributed by atoms with Crippen molar-refractivity contribution >= 4 is 6.08 Å². The minimum absolute atomic E-state index is 0.128. The standard InChI is InChI=1S/C23H38O/c1-2-3-4-5-6-7-8-9-10-11-12-13-14-15-16-22-17-19-23(21-24)20-18-22/h15-20,24H,2-14,21H2,1H3. The second-order valence-corrected chi connectivity index (χ2v) is 6.98. The van der Waals surface area contributed by atoms with Crippen LogP contribution in [0.15, 0.2) is 30.3 Å². The van der Waals surface area contributed by atoms with Crippen molar-refractivity contribution in [3.05, 3.63) is 41.5 Å². The lowest BCUT2D eigenvalue weighted by Gasteiger charge is -2.02. The molecule has 0 atom stereocenters. The van der Waals surface area contributed by atoms with Gasteiger partial charge in [0.2, 0.25) is 0 Å². The molecule has 0 heterocycles. The summed E-state index contributed by atoms with van der Waals surface area (Å²) in [6.07, 6.45) is 22.6. The van der Waals surface area contributed by atoms with Gasteiger partial charge in [0, 0.05) is 0 Å². The summed E-state index contributed by atoms with van der Waals surface area (Å²) < 4.78 is 0. The van der Waals surface area contributed by atoms with Crippen molar-refractivity contribution in [3.8, 4) is 0 Å². The first-order valence-electron chi connectivity index (χ1n) is 10.2. The molecule has 0 bridgehead atoms. The summed E-state index contributed by atoms with van der Waals surface area (Å²) in [5.41, 5.74) is 2.21. The highest BCUT2D eigenvalue weighted by Crippen LogP contribution is 2.13. The fourth-order valence-corrected chi connectivity index (χ4v) is 3.06. The van der Waals surface area contributed by atoms with Gasteiger partial charge in [-0.1, -0.05) is 114 Å². The van der Waals surface area contributed by atoms with Gasteiger partial charge >= 0.3 is 0 Å². The molecule has 0 aliphatic carbocycles. The Bertz CT molecular complexity index is 405. The molecule has 1 aromatic carbocycles. The van der Waals surface area contributed by atoms with Crippen LogP contribution in [0.3, 0.4) is 0 Å². The van der Waals surface area contributed by atoms with E-state index in [-0.39, 0.29) is 6.61 Å². The Morgan fingerprint density at radius 2 is 1.21 bits per heavy atom. The monoisotopic (exact) mass is 330 g/mol. The Morgan fingerprint density at radius 1 is 0.708 bits per heavy atom. The van der Waals surface area contributed by atoms with Crippen LogP contribution < -0.4 is 0 Å². The second kappa shape index (κ2) is 15.4. The number of hydrogen-bond acceptors (Lipinski definition) is 1. The molecule has 0 fully saturated rings. The summed E-state index contributed by atoms with van der Waals surface area (Å²) in [7, 11) is 0. The third kappa shape index (κ3) is 11.5. The summed E-state index contributed by atoms with van der Waals surface area (Å²) in [5.74, 6) is 0. The molecular weight excluding hydrogens is 292 g/mol. The molecule has 0 amide bonds. The van der Waals surface area contributed by atoms with Crippen LogP contribution in [-0.4, -0.2) is 5.11 Å². The molecule has 0 aliphatic rings. The van der Waals surface area contributed by atoms with Crippen molar-refractivity contribution < 1.29 is 5.11 Å². The van der Waals surface area contributed by atoms with E-state index < -0.39 is 0 Å². The van der Waals surface area contributed by atoms with Gasteiger partial charge in [0.15, 0.2) is 0 Å². The smallest absolute Gasteiger partial charge is 0.0681 e. The third-order valence-corrected chi connectivity index (χ3v) is 4.70. The first kappa shape index (κ1) is 21.0. The lowest BCUT2D eigenvalue weighted by Crippen LogP contribution is -1.82. The van der Waals surface area contributed by atoms with Crippen LogP contribution in [-0.2, 0) is 6.61 Å². The van der Waals surface area contributed by atoms with Gasteiger partial charge in [0.25, 0.3) is 0 Å². The molecule has 1 N–H and O–H groups in total. The van der Waals surface area contributed by atoms with E-state index in [0.717, 1.165) is 5.56 Å². The first-order valence-corrected chi connectivity index (χ1v) is 10.2. The number of rotatable bonds is 15. The molecule has 0 saturated carbocycles. The third-order valence-electron chi connectivity index (χ3n) is 4.70. The van der Waals surface area contributed by atoms with E-state index in [4.69, 9.17) is 5.11 Å². The Hall–Kier alpha value is -1.08. The normalized spacial score (nSPS) is 11.4. The van der Waals surface area contributed by atoms with Gasteiger partial charge < -0.3 is 5.11 Å². The average Bonchev–Trinajstić information content (AvgIpc) is 2.62. The zero-order chi connectivity index (χ0) is 17.3.